The van der Waals surface area contributed by atoms with Crippen molar-refractivity contribution in [1.82, 2.24) is 0 Å². The quantitative estimate of drug-likeness (QED) is 0.818. The number of aliphatic hydroxyl groups is 1. The second kappa shape index (κ2) is 5.30. The van der Waals surface area contributed by atoms with Crippen LogP contribution in [0.25, 0.3) is 11.1 Å². The average Bonchev–Trinajstić information content (AvgIpc) is 2.39. The van der Waals surface area contributed by atoms with E-state index in [-0.39, 0.29) is 0 Å². The van der Waals surface area contributed by atoms with E-state index >= 15 is 0 Å². The fourth-order valence-corrected chi connectivity index (χ4v) is 2.88. The number of hydrogen-bond acceptors (Lipinski definition) is 2. The lowest BCUT2D eigenvalue weighted by molar-refractivity contribution is -0.157. The molecule has 0 saturated heterocycles. The molecule has 0 bridgehead atoms. The lowest BCUT2D eigenvalue weighted by Gasteiger charge is -2.20. The van der Waals surface area contributed by atoms with Crippen molar-refractivity contribution in [2.75, 3.05) is 0 Å². The second-order valence-electron chi connectivity index (χ2n) is 4.44. The highest BCUT2D eigenvalue weighted by Gasteiger charge is 2.34. The molecular formula is C15H13IO3. The minimum absolute atomic E-state index is 0.403. The molecule has 98 valence electrons. The monoisotopic (exact) mass is 368 g/mol. The Bertz CT molecular complexity index is 606. The zero-order chi connectivity index (χ0) is 14.0. The first-order valence-electron chi connectivity index (χ1n) is 5.74. The number of aliphatic carboxylic acids is 1. The third-order valence-corrected chi connectivity index (χ3v) is 3.91. The lowest BCUT2D eigenvalue weighted by atomic mass is 9.94. The van der Waals surface area contributed by atoms with E-state index in [0.29, 0.717) is 5.56 Å². The fourth-order valence-electron chi connectivity index (χ4n) is 1.84. The Morgan fingerprint density at radius 1 is 1.11 bits per heavy atom. The van der Waals surface area contributed by atoms with Crippen LogP contribution in [0.3, 0.4) is 0 Å². The van der Waals surface area contributed by atoms with Crippen LogP contribution in [0.4, 0.5) is 0 Å². The van der Waals surface area contributed by atoms with Gasteiger partial charge in [-0.05, 0) is 46.7 Å². The Morgan fingerprint density at radius 2 is 1.74 bits per heavy atom. The molecule has 3 nitrogen and oxygen atoms in total. The molecule has 2 aromatic rings. The van der Waals surface area contributed by atoms with Crippen LogP contribution in [-0.4, -0.2) is 16.2 Å². The highest BCUT2D eigenvalue weighted by Crippen LogP contribution is 2.30. The molecule has 0 radical (unpaired) electrons. The Morgan fingerprint density at radius 3 is 2.26 bits per heavy atom. The summed E-state index contributed by atoms with van der Waals surface area (Å²) in [7, 11) is 0. The average molecular weight is 368 g/mol. The second-order valence-corrected chi connectivity index (χ2v) is 5.60. The fraction of sp³-hybridized carbons (Fsp3) is 0.133. The van der Waals surface area contributed by atoms with Crippen LogP contribution >= 0.6 is 22.6 Å². The summed E-state index contributed by atoms with van der Waals surface area (Å²) >= 11 is 2.05. The molecule has 2 N–H and O–H groups in total. The highest BCUT2D eigenvalue weighted by atomic mass is 127. The molecule has 2 aromatic carbocycles. The van der Waals surface area contributed by atoms with Crippen LogP contribution in [0.15, 0.2) is 48.5 Å². The molecule has 0 amide bonds. The molecule has 0 saturated carbocycles. The van der Waals surface area contributed by atoms with Gasteiger partial charge in [-0.3, -0.25) is 0 Å². The number of hydrogen-bond donors (Lipinski definition) is 2. The molecule has 4 heteroatoms. The van der Waals surface area contributed by atoms with Crippen LogP contribution in [0.1, 0.15) is 12.5 Å². The van der Waals surface area contributed by atoms with E-state index in [1.54, 1.807) is 6.07 Å². The molecule has 0 fully saturated rings. The van der Waals surface area contributed by atoms with Gasteiger partial charge in [-0.25, -0.2) is 4.79 Å². The summed E-state index contributed by atoms with van der Waals surface area (Å²) in [4.78, 5) is 11.1. The standard InChI is InChI=1S/C15H13IO3/c1-15(19,14(17)18)12-8-7-11(9-13(12)16)10-5-3-2-4-6-10/h2-9,19H,1H3,(H,17,18). The topological polar surface area (TPSA) is 57.5 Å². The molecule has 0 heterocycles. The van der Waals surface area contributed by atoms with Crippen LogP contribution in [0, 0.1) is 3.57 Å². The summed E-state index contributed by atoms with van der Waals surface area (Å²) in [6.07, 6.45) is 0. The summed E-state index contributed by atoms with van der Waals surface area (Å²) in [6, 6.07) is 15.2. The van der Waals surface area contributed by atoms with Crippen molar-refractivity contribution < 1.29 is 15.0 Å². The van der Waals surface area contributed by atoms with E-state index in [9.17, 15) is 9.90 Å². The van der Waals surface area contributed by atoms with E-state index < -0.39 is 11.6 Å². The van der Waals surface area contributed by atoms with Gasteiger partial charge in [0.15, 0.2) is 5.60 Å². The highest BCUT2D eigenvalue weighted by molar-refractivity contribution is 14.1. The SMILES string of the molecule is CC(O)(C(=O)O)c1ccc(-c2ccccc2)cc1I. The maximum Gasteiger partial charge on any atom is 0.340 e. The maximum atomic E-state index is 11.1. The molecule has 0 aromatic heterocycles. The number of rotatable bonds is 3. The van der Waals surface area contributed by atoms with E-state index in [1.165, 1.54) is 6.92 Å². The summed E-state index contributed by atoms with van der Waals surface area (Å²) in [5.74, 6) is -1.25. The molecule has 1 unspecified atom stereocenters. The number of benzene rings is 2. The summed E-state index contributed by atoms with van der Waals surface area (Å²) in [5, 5.41) is 19.1. The van der Waals surface area contributed by atoms with Crippen molar-refractivity contribution in [2.45, 2.75) is 12.5 Å². The molecule has 0 aliphatic heterocycles. The van der Waals surface area contributed by atoms with E-state index in [1.807, 2.05) is 65.1 Å². The van der Waals surface area contributed by atoms with Crippen LogP contribution in [-0.2, 0) is 10.4 Å². The van der Waals surface area contributed by atoms with Gasteiger partial charge >= 0.3 is 5.97 Å². The van der Waals surface area contributed by atoms with Gasteiger partial charge < -0.3 is 10.2 Å². The summed E-state index contributed by atoms with van der Waals surface area (Å²) in [5.41, 5.74) is 0.586. The molecular weight excluding hydrogens is 355 g/mol. The zero-order valence-electron chi connectivity index (χ0n) is 10.3. The Balaban J connectivity index is 2.47. The smallest absolute Gasteiger partial charge is 0.340 e. The van der Waals surface area contributed by atoms with Gasteiger partial charge in [0, 0.05) is 9.13 Å². The number of carboxylic acid groups (broad SMARTS) is 1. The van der Waals surface area contributed by atoms with Gasteiger partial charge in [-0.15, -0.1) is 0 Å². The van der Waals surface area contributed by atoms with Crippen LogP contribution in [0.5, 0.6) is 0 Å². The minimum atomic E-state index is -1.87. The van der Waals surface area contributed by atoms with Gasteiger partial charge in [-0.2, -0.15) is 0 Å². The number of carboxylic acids is 1. The predicted molar refractivity (Wildman–Crippen MR) is 81.8 cm³/mol. The normalized spacial score (nSPS) is 13.8. The molecule has 1 atom stereocenters. The van der Waals surface area contributed by atoms with Crippen LogP contribution < -0.4 is 0 Å². The lowest BCUT2D eigenvalue weighted by Crippen LogP contribution is -2.32. The molecule has 19 heavy (non-hydrogen) atoms. The first-order valence-corrected chi connectivity index (χ1v) is 6.82. The summed E-state index contributed by atoms with van der Waals surface area (Å²) in [6.45, 7) is 1.29. The van der Waals surface area contributed by atoms with Gasteiger partial charge in [0.2, 0.25) is 0 Å². The molecule has 2 rings (SSSR count). The van der Waals surface area contributed by atoms with E-state index in [0.717, 1.165) is 14.7 Å². The van der Waals surface area contributed by atoms with Crippen molar-refractivity contribution >= 4 is 28.6 Å². The Hall–Kier alpha value is -1.40. The largest absolute Gasteiger partial charge is 0.479 e. The van der Waals surface area contributed by atoms with Crippen molar-refractivity contribution in [1.29, 1.82) is 0 Å². The number of halogens is 1. The molecule has 0 aliphatic rings. The predicted octanol–water partition coefficient (Wildman–Crippen LogP) is 3.25. The van der Waals surface area contributed by atoms with Gasteiger partial charge in [0.1, 0.15) is 0 Å². The van der Waals surface area contributed by atoms with Crippen molar-refractivity contribution in [2.24, 2.45) is 0 Å². The molecule has 0 aliphatic carbocycles. The number of carbonyl (C=O) groups is 1. The minimum Gasteiger partial charge on any atom is -0.479 e. The van der Waals surface area contributed by atoms with Gasteiger partial charge in [-0.1, -0.05) is 42.5 Å². The van der Waals surface area contributed by atoms with Crippen molar-refractivity contribution in [3.63, 3.8) is 0 Å². The first-order chi connectivity index (χ1) is 8.93. The van der Waals surface area contributed by atoms with Gasteiger partial charge in [0.25, 0.3) is 0 Å². The third-order valence-electron chi connectivity index (χ3n) is 3.02. The Kier molecular flexibility index (Phi) is 3.91. The summed E-state index contributed by atoms with van der Waals surface area (Å²) < 4.78 is 0.728. The van der Waals surface area contributed by atoms with E-state index in [2.05, 4.69) is 0 Å². The van der Waals surface area contributed by atoms with Crippen molar-refractivity contribution in [3.05, 3.63) is 57.7 Å². The van der Waals surface area contributed by atoms with Crippen molar-refractivity contribution in [3.8, 4) is 11.1 Å². The third kappa shape index (κ3) is 2.79. The Labute approximate surface area is 125 Å². The van der Waals surface area contributed by atoms with Crippen LogP contribution in [0.2, 0.25) is 0 Å². The first kappa shape index (κ1) is 14.0. The molecule has 0 spiro atoms. The zero-order valence-corrected chi connectivity index (χ0v) is 12.5. The van der Waals surface area contributed by atoms with E-state index in [4.69, 9.17) is 5.11 Å². The van der Waals surface area contributed by atoms with Gasteiger partial charge in [0.05, 0.1) is 0 Å². The maximum absolute atomic E-state index is 11.1.